The van der Waals surface area contributed by atoms with Crippen molar-refractivity contribution < 1.29 is 9.50 Å². The van der Waals surface area contributed by atoms with Gasteiger partial charge in [0.05, 0.1) is 5.60 Å². The van der Waals surface area contributed by atoms with Crippen LogP contribution in [0, 0.1) is 5.82 Å². The van der Waals surface area contributed by atoms with Crippen LogP contribution in [0.2, 0.25) is 0 Å². The molecule has 0 aromatic heterocycles. The van der Waals surface area contributed by atoms with Crippen LogP contribution in [-0.2, 0) is 6.54 Å². The van der Waals surface area contributed by atoms with Gasteiger partial charge in [-0.2, -0.15) is 0 Å². The maximum absolute atomic E-state index is 14.0. The van der Waals surface area contributed by atoms with Crippen molar-refractivity contribution >= 4 is 5.69 Å². The maximum Gasteiger partial charge on any atom is 0.129 e. The fraction of sp³-hybridized carbons (Fsp3) is 0.600. The largest absolute Gasteiger partial charge is 0.389 e. The molecule has 0 amide bonds. The summed E-state index contributed by atoms with van der Waals surface area (Å²) in [6.45, 7) is 10.0. The van der Waals surface area contributed by atoms with Gasteiger partial charge in [0.15, 0.2) is 0 Å². The Morgan fingerprint density at radius 2 is 2.00 bits per heavy atom. The van der Waals surface area contributed by atoms with E-state index >= 15 is 0 Å². The zero-order valence-corrected chi connectivity index (χ0v) is 12.3. The lowest BCUT2D eigenvalue weighted by atomic mass is 10.1. The van der Waals surface area contributed by atoms with Gasteiger partial charge in [-0.1, -0.05) is 13.0 Å². The van der Waals surface area contributed by atoms with Crippen LogP contribution < -0.4 is 10.2 Å². The third-order valence-electron chi connectivity index (χ3n) is 2.95. The van der Waals surface area contributed by atoms with E-state index < -0.39 is 5.60 Å². The van der Waals surface area contributed by atoms with Gasteiger partial charge < -0.3 is 15.3 Å². The predicted molar refractivity (Wildman–Crippen MR) is 78.0 cm³/mol. The third kappa shape index (κ3) is 4.80. The summed E-state index contributed by atoms with van der Waals surface area (Å²) in [7, 11) is 0. The first-order valence-electron chi connectivity index (χ1n) is 6.84. The molecule has 0 saturated heterocycles. The fourth-order valence-electron chi connectivity index (χ4n) is 2.10. The number of hydrogen-bond donors (Lipinski definition) is 2. The highest BCUT2D eigenvalue weighted by Crippen LogP contribution is 2.24. The topological polar surface area (TPSA) is 35.5 Å². The van der Waals surface area contributed by atoms with Crippen LogP contribution in [0.5, 0.6) is 0 Å². The number of nitrogens with one attached hydrogen (secondary N) is 1. The summed E-state index contributed by atoms with van der Waals surface area (Å²) < 4.78 is 14.0. The molecule has 0 fully saturated rings. The fourth-order valence-corrected chi connectivity index (χ4v) is 2.10. The SMILES string of the molecule is CCNCc1c(F)cccc1N(CC)CC(C)(C)O. The first-order chi connectivity index (χ1) is 8.89. The van der Waals surface area contributed by atoms with Crippen molar-refractivity contribution in [1.82, 2.24) is 5.32 Å². The van der Waals surface area contributed by atoms with Gasteiger partial charge in [0.2, 0.25) is 0 Å². The molecule has 0 saturated carbocycles. The number of likely N-dealkylation sites (N-methyl/N-ethyl adjacent to an activating group) is 1. The Labute approximate surface area is 115 Å². The average Bonchev–Trinajstić information content (AvgIpc) is 2.33. The Morgan fingerprint density at radius 3 is 2.53 bits per heavy atom. The molecule has 0 aliphatic rings. The van der Waals surface area contributed by atoms with Crippen LogP contribution in [0.15, 0.2) is 18.2 Å². The number of hydrogen-bond acceptors (Lipinski definition) is 3. The molecule has 3 nitrogen and oxygen atoms in total. The minimum Gasteiger partial charge on any atom is -0.389 e. The summed E-state index contributed by atoms with van der Waals surface area (Å²) in [5, 5.41) is 13.1. The Kier molecular flexibility index (Phi) is 5.76. The molecule has 0 bridgehead atoms. The Hall–Kier alpha value is -1.13. The average molecular weight is 268 g/mol. The van der Waals surface area contributed by atoms with Crippen LogP contribution in [0.25, 0.3) is 0 Å². The van der Waals surface area contributed by atoms with Gasteiger partial charge in [0.25, 0.3) is 0 Å². The van der Waals surface area contributed by atoms with E-state index in [0.29, 0.717) is 18.7 Å². The van der Waals surface area contributed by atoms with Gasteiger partial charge in [-0.05, 0) is 39.4 Å². The van der Waals surface area contributed by atoms with Crippen molar-refractivity contribution in [3.05, 3.63) is 29.6 Å². The highest BCUT2D eigenvalue weighted by atomic mass is 19.1. The molecule has 19 heavy (non-hydrogen) atoms. The van der Waals surface area contributed by atoms with Crippen LogP contribution in [0.1, 0.15) is 33.3 Å². The molecule has 1 aromatic carbocycles. The van der Waals surface area contributed by atoms with Gasteiger partial charge in [-0.3, -0.25) is 0 Å². The molecule has 0 aliphatic heterocycles. The van der Waals surface area contributed by atoms with Crippen LogP contribution in [0.4, 0.5) is 10.1 Å². The van der Waals surface area contributed by atoms with Crippen molar-refractivity contribution in [3.63, 3.8) is 0 Å². The minimum absolute atomic E-state index is 0.201. The molecule has 2 N–H and O–H groups in total. The maximum atomic E-state index is 14.0. The standard InChI is InChI=1S/C15H25FN2O/c1-5-17-10-12-13(16)8-7-9-14(12)18(6-2)11-15(3,4)19/h7-9,17,19H,5-6,10-11H2,1-4H3. The zero-order valence-electron chi connectivity index (χ0n) is 12.3. The van der Waals surface area contributed by atoms with Crippen molar-refractivity contribution in [2.24, 2.45) is 0 Å². The summed E-state index contributed by atoms with van der Waals surface area (Å²) >= 11 is 0. The Bertz CT molecular complexity index is 402. The first kappa shape index (κ1) is 15.9. The van der Waals surface area contributed by atoms with E-state index in [-0.39, 0.29) is 5.82 Å². The molecular formula is C15H25FN2O. The number of anilines is 1. The molecule has 1 rings (SSSR count). The summed E-state index contributed by atoms with van der Waals surface area (Å²) in [5.74, 6) is -0.201. The van der Waals surface area contributed by atoms with E-state index in [9.17, 15) is 9.50 Å². The van der Waals surface area contributed by atoms with Crippen LogP contribution in [-0.4, -0.2) is 30.3 Å². The molecule has 0 atom stereocenters. The van der Waals surface area contributed by atoms with Gasteiger partial charge in [-0.25, -0.2) is 4.39 Å². The second-order valence-corrected chi connectivity index (χ2v) is 5.34. The highest BCUT2D eigenvalue weighted by Gasteiger charge is 2.20. The summed E-state index contributed by atoms with van der Waals surface area (Å²) in [6, 6.07) is 5.10. The molecule has 0 radical (unpaired) electrons. The number of rotatable bonds is 7. The van der Waals surface area contributed by atoms with Crippen molar-refractivity contribution in [3.8, 4) is 0 Å². The second-order valence-electron chi connectivity index (χ2n) is 5.34. The summed E-state index contributed by atoms with van der Waals surface area (Å²) in [5.41, 5.74) is 0.707. The van der Waals surface area contributed by atoms with E-state index in [1.807, 2.05) is 24.8 Å². The van der Waals surface area contributed by atoms with E-state index in [2.05, 4.69) is 5.32 Å². The lowest BCUT2D eigenvalue weighted by molar-refractivity contribution is 0.0875. The smallest absolute Gasteiger partial charge is 0.129 e. The van der Waals surface area contributed by atoms with Gasteiger partial charge in [0, 0.05) is 30.9 Å². The van der Waals surface area contributed by atoms with Gasteiger partial charge >= 0.3 is 0 Å². The lowest BCUT2D eigenvalue weighted by Crippen LogP contribution is -2.39. The minimum atomic E-state index is -0.808. The quantitative estimate of drug-likeness (QED) is 0.797. The Morgan fingerprint density at radius 1 is 1.32 bits per heavy atom. The molecule has 0 heterocycles. The van der Waals surface area contributed by atoms with Crippen LogP contribution in [0.3, 0.4) is 0 Å². The van der Waals surface area contributed by atoms with E-state index in [0.717, 1.165) is 18.8 Å². The van der Waals surface area contributed by atoms with Crippen molar-refractivity contribution in [1.29, 1.82) is 0 Å². The van der Waals surface area contributed by atoms with E-state index in [1.165, 1.54) is 6.07 Å². The number of benzene rings is 1. The summed E-state index contributed by atoms with van der Waals surface area (Å²) in [4.78, 5) is 2.01. The van der Waals surface area contributed by atoms with E-state index in [4.69, 9.17) is 0 Å². The van der Waals surface area contributed by atoms with Crippen molar-refractivity contribution in [2.45, 2.75) is 39.8 Å². The number of aliphatic hydroxyl groups is 1. The summed E-state index contributed by atoms with van der Waals surface area (Å²) in [6.07, 6.45) is 0. The number of nitrogens with zero attached hydrogens (tertiary/aromatic N) is 1. The first-order valence-corrected chi connectivity index (χ1v) is 6.84. The lowest BCUT2D eigenvalue weighted by Gasteiger charge is -2.31. The molecule has 0 aliphatic carbocycles. The van der Waals surface area contributed by atoms with E-state index in [1.54, 1.807) is 19.9 Å². The second kappa shape index (κ2) is 6.87. The van der Waals surface area contributed by atoms with Gasteiger partial charge in [0.1, 0.15) is 5.82 Å². The molecular weight excluding hydrogens is 243 g/mol. The normalized spacial score (nSPS) is 11.7. The van der Waals surface area contributed by atoms with Gasteiger partial charge in [-0.15, -0.1) is 0 Å². The zero-order chi connectivity index (χ0) is 14.5. The Balaban J connectivity index is 3.05. The highest BCUT2D eigenvalue weighted by molar-refractivity contribution is 5.54. The molecule has 108 valence electrons. The predicted octanol–water partition coefficient (Wildman–Crippen LogP) is 2.53. The molecule has 0 unspecified atom stereocenters. The third-order valence-corrected chi connectivity index (χ3v) is 2.95. The monoisotopic (exact) mass is 268 g/mol. The molecule has 4 heteroatoms. The van der Waals surface area contributed by atoms with Crippen LogP contribution >= 0.6 is 0 Å². The molecule has 1 aromatic rings. The number of halogens is 1. The van der Waals surface area contributed by atoms with Crippen molar-refractivity contribution in [2.75, 3.05) is 24.5 Å². The molecule has 0 spiro atoms.